The number of fused-ring (bicyclic) bond motifs is 1. The maximum absolute atomic E-state index is 13.1. The second-order valence-electron chi connectivity index (χ2n) is 8.12. The molecule has 0 amide bonds. The third-order valence-electron chi connectivity index (χ3n) is 4.81. The average Bonchev–Trinajstić information content (AvgIpc) is 2.56. The van der Waals surface area contributed by atoms with Crippen molar-refractivity contribution in [1.29, 1.82) is 0 Å². The van der Waals surface area contributed by atoms with Crippen molar-refractivity contribution in [1.82, 2.24) is 4.90 Å². The van der Waals surface area contributed by atoms with E-state index in [1.165, 1.54) is 56.6 Å². The molecule has 0 N–H and O–H groups in total. The Morgan fingerprint density at radius 3 is 2.25 bits per heavy atom. The molecule has 2 atom stereocenters. The fourth-order valence-electron chi connectivity index (χ4n) is 3.55. The lowest BCUT2D eigenvalue weighted by Gasteiger charge is -2.44. The van der Waals surface area contributed by atoms with Crippen molar-refractivity contribution in [3.63, 3.8) is 0 Å². The maximum Gasteiger partial charge on any atom is 0.389 e. The minimum atomic E-state index is -3.04. The summed E-state index contributed by atoms with van der Waals surface area (Å²) in [7, 11) is 0. The zero-order valence-electron chi connectivity index (χ0n) is 15.9. The van der Waals surface area contributed by atoms with Gasteiger partial charge in [-0.05, 0) is 67.9 Å². The molecule has 0 aromatic rings. The number of nitrogens with zero attached hydrogens (tertiary/aromatic N) is 1. The molecule has 0 spiro atoms. The van der Waals surface area contributed by atoms with Gasteiger partial charge in [0.15, 0.2) is 0 Å². The van der Waals surface area contributed by atoms with Crippen LogP contribution in [0.2, 0.25) is 0 Å². The lowest BCUT2D eigenvalue weighted by Crippen LogP contribution is -2.48. The molecule has 4 nitrogen and oxygen atoms in total. The fraction of sp³-hybridized carbons (Fsp3) is 1.00. The number of piperidine rings is 2. The summed E-state index contributed by atoms with van der Waals surface area (Å²) in [4.78, 5) is 2.66. The van der Waals surface area contributed by atoms with Crippen LogP contribution in [-0.2, 0) is 13.6 Å². The molecule has 0 bridgehead atoms. The highest BCUT2D eigenvalue weighted by molar-refractivity contribution is 8.55. The molecular formula is C18H36NO3PS. The molecule has 0 aliphatic carbocycles. The summed E-state index contributed by atoms with van der Waals surface area (Å²) in [5.74, 6) is 2.26. The van der Waals surface area contributed by atoms with Crippen molar-refractivity contribution in [3.05, 3.63) is 0 Å². The van der Waals surface area contributed by atoms with Crippen molar-refractivity contribution in [2.75, 3.05) is 32.1 Å². The van der Waals surface area contributed by atoms with Crippen molar-refractivity contribution in [2.45, 2.75) is 65.8 Å². The highest BCUT2D eigenvalue weighted by Crippen LogP contribution is 2.62. The van der Waals surface area contributed by atoms with Gasteiger partial charge in [0.25, 0.3) is 0 Å². The van der Waals surface area contributed by atoms with Gasteiger partial charge in [0.2, 0.25) is 0 Å². The standard InChI is InChI=1S/C18H36NO3PS/c1-15(2)12-21-23(20,22-13-16(3)4)24-14-17-8-7-11-19-10-6-5-9-18(17)19/h15-18H,5-14H2,1-4H3/t17-,18?/m0/s1. The zero-order chi connectivity index (χ0) is 17.6. The van der Waals surface area contributed by atoms with E-state index in [1.807, 2.05) is 0 Å². The molecule has 0 radical (unpaired) electrons. The Labute approximate surface area is 152 Å². The normalized spacial score (nSPS) is 26.1. The van der Waals surface area contributed by atoms with Gasteiger partial charge in [0.1, 0.15) is 0 Å². The summed E-state index contributed by atoms with van der Waals surface area (Å²) in [6, 6.07) is 0.684. The highest BCUT2D eigenvalue weighted by Gasteiger charge is 2.35. The minimum absolute atomic E-state index is 0.366. The summed E-state index contributed by atoms with van der Waals surface area (Å²) in [6.45, 7) is 8.78. The molecule has 142 valence electrons. The average molecular weight is 378 g/mol. The first kappa shape index (κ1) is 20.8. The predicted octanol–water partition coefficient (Wildman–Crippen LogP) is 5.44. The van der Waals surface area contributed by atoms with E-state index < -0.39 is 6.80 Å². The van der Waals surface area contributed by atoms with Crippen molar-refractivity contribution in [3.8, 4) is 0 Å². The van der Waals surface area contributed by atoms with E-state index in [1.54, 1.807) is 0 Å². The van der Waals surface area contributed by atoms with Crippen LogP contribution in [0.25, 0.3) is 0 Å². The van der Waals surface area contributed by atoms with E-state index in [2.05, 4.69) is 32.6 Å². The van der Waals surface area contributed by atoms with E-state index in [0.29, 0.717) is 37.0 Å². The van der Waals surface area contributed by atoms with E-state index >= 15 is 0 Å². The van der Waals surface area contributed by atoms with Gasteiger partial charge >= 0.3 is 6.80 Å². The molecule has 2 rings (SSSR count). The Hall–Kier alpha value is 0.460. The predicted molar refractivity (Wildman–Crippen MR) is 104 cm³/mol. The molecular weight excluding hydrogens is 341 g/mol. The minimum Gasteiger partial charge on any atom is -0.300 e. The van der Waals surface area contributed by atoms with Crippen LogP contribution in [0.1, 0.15) is 59.8 Å². The van der Waals surface area contributed by atoms with Crippen LogP contribution in [0.15, 0.2) is 0 Å². The Kier molecular flexibility index (Phi) is 8.62. The zero-order valence-corrected chi connectivity index (χ0v) is 17.6. The second-order valence-corrected chi connectivity index (χ2v) is 12.2. The third-order valence-corrected chi connectivity index (χ3v) is 8.66. The molecule has 2 fully saturated rings. The molecule has 2 heterocycles. The largest absolute Gasteiger partial charge is 0.389 e. The van der Waals surface area contributed by atoms with Gasteiger partial charge < -0.3 is 13.9 Å². The summed E-state index contributed by atoms with van der Waals surface area (Å²) >= 11 is 1.45. The molecule has 0 saturated carbocycles. The Bertz CT molecular complexity index is 401. The van der Waals surface area contributed by atoms with Crippen LogP contribution >= 0.6 is 18.2 Å². The van der Waals surface area contributed by atoms with Gasteiger partial charge in [0.05, 0.1) is 13.2 Å². The van der Waals surface area contributed by atoms with Gasteiger partial charge in [-0.1, -0.05) is 34.1 Å². The molecule has 1 unspecified atom stereocenters. The molecule has 6 heteroatoms. The summed E-state index contributed by atoms with van der Waals surface area (Å²) in [5, 5.41) is 0. The number of hydrogen-bond acceptors (Lipinski definition) is 5. The molecule has 2 aliphatic rings. The second kappa shape index (κ2) is 9.97. The Balaban J connectivity index is 1.91. The summed E-state index contributed by atoms with van der Waals surface area (Å²) in [5.41, 5.74) is 0. The van der Waals surface area contributed by atoms with Crippen LogP contribution in [0.3, 0.4) is 0 Å². The van der Waals surface area contributed by atoms with Crippen LogP contribution in [0.5, 0.6) is 0 Å². The highest BCUT2D eigenvalue weighted by atomic mass is 32.7. The topological polar surface area (TPSA) is 38.8 Å². The third kappa shape index (κ3) is 6.64. The lowest BCUT2D eigenvalue weighted by molar-refractivity contribution is 0.0693. The van der Waals surface area contributed by atoms with Gasteiger partial charge in [-0.25, -0.2) is 4.57 Å². The van der Waals surface area contributed by atoms with Gasteiger partial charge in [0, 0.05) is 11.8 Å². The maximum atomic E-state index is 13.1. The van der Waals surface area contributed by atoms with Crippen molar-refractivity contribution < 1.29 is 13.6 Å². The molecule has 0 aromatic heterocycles. The first-order chi connectivity index (χ1) is 11.4. The molecule has 2 saturated heterocycles. The van der Waals surface area contributed by atoms with Crippen molar-refractivity contribution >= 4 is 18.2 Å². The Morgan fingerprint density at radius 1 is 1.00 bits per heavy atom. The lowest BCUT2D eigenvalue weighted by atomic mass is 9.85. The smallest absolute Gasteiger partial charge is 0.300 e. The van der Waals surface area contributed by atoms with Crippen LogP contribution in [0.4, 0.5) is 0 Å². The van der Waals surface area contributed by atoms with Crippen LogP contribution in [-0.4, -0.2) is 43.0 Å². The summed E-state index contributed by atoms with van der Waals surface area (Å²) in [6.07, 6.45) is 6.50. The van der Waals surface area contributed by atoms with E-state index in [-0.39, 0.29) is 0 Å². The van der Waals surface area contributed by atoms with E-state index in [0.717, 1.165) is 5.75 Å². The van der Waals surface area contributed by atoms with Crippen molar-refractivity contribution in [2.24, 2.45) is 17.8 Å². The SMILES string of the molecule is CC(C)COP(=O)(OCC(C)C)SC[C@@H]1CCCN2CCCCC12. The van der Waals surface area contributed by atoms with Crippen LogP contribution < -0.4 is 0 Å². The quantitative estimate of drug-likeness (QED) is 0.501. The monoisotopic (exact) mass is 377 g/mol. The summed E-state index contributed by atoms with van der Waals surface area (Å²) < 4.78 is 24.6. The van der Waals surface area contributed by atoms with E-state index in [4.69, 9.17) is 9.05 Å². The van der Waals surface area contributed by atoms with Gasteiger partial charge in [-0.15, -0.1) is 0 Å². The van der Waals surface area contributed by atoms with Gasteiger partial charge in [-0.2, -0.15) is 0 Å². The fourth-order valence-corrected chi connectivity index (χ4v) is 7.43. The number of rotatable bonds is 9. The molecule has 2 aliphatic heterocycles. The molecule has 24 heavy (non-hydrogen) atoms. The van der Waals surface area contributed by atoms with Crippen LogP contribution in [0, 0.1) is 17.8 Å². The first-order valence-corrected chi connectivity index (χ1v) is 12.8. The van der Waals surface area contributed by atoms with E-state index in [9.17, 15) is 4.57 Å². The Morgan fingerprint density at radius 2 is 1.62 bits per heavy atom. The number of hydrogen-bond donors (Lipinski definition) is 0. The van der Waals surface area contributed by atoms with Gasteiger partial charge in [-0.3, -0.25) is 0 Å². The molecule has 0 aromatic carbocycles. The first-order valence-electron chi connectivity index (χ1n) is 9.67.